The molecule has 2 atom stereocenters. The highest BCUT2D eigenvalue weighted by Gasteiger charge is 2.50. The van der Waals surface area contributed by atoms with Crippen molar-refractivity contribution in [1.29, 1.82) is 0 Å². The molecule has 1 saturated carbocycles. The standard InChI is InChI=1S/C47H74N8O5.CH2O/c1-7-55-43-15-14-38(51(23-24-56)18-16-36(11-9-8-10-17-49-50-34-57)54-29-47(30-54)32-60-33-47)25-40(43)42(27-46(3,4)31-58-5)45(55)41-26-39(28-48-44(41)35(2)59-6)53-21-19-52(20-22-53)37-12-13-37;1-2/h14-15,25-26,28,34-37,49,56H,7-13,16-24,27,29-33H2,1-6H3,(H,50,57);1H2. The van der Waals surface area contributed by atoms with Crippen LogP contribution < -0.4 is 20.7 Å². The number of methoxy groups -OCH3 is 2. The first kappa shape index (κ1) is 47.8. The monoisotopic (exact) mass is 861 g/mol. The number of hydrogen-bond donors (Lipinski definition) is 3. The Morgan fingerprint density at radius 2 is 1.82 bits per heavy atom. The number of aliphatic hydroxyl groups is 1. The van der Waals surface area contributed by atoms with Gasteiger partial charge in [0.15, 0.2) is 0 Å². The number of aromatic nitrogens is 2. The summed E-state index contributed by atoms with van der Waals surface area (Å²) in [5.41, 5.74) is 13.9. The predicted octanol–water partition coefficient (Wildman–Crippen LogP) is 5.45. The summed E-state index contributed by atoms with van der Waals surface area (Å²) in [5, 5.41) is 11.7. The van der Waals surface area contributed by atoms with E-state index in [1.165, 1.54) is 40.7 Å². The van der Waals surface area contributed by atoms with Crippen LogP contribution in [0.3, 0.4) is 0 Å². The Hall–Kier alpha value is -3.63. The Balaban J connectivity index is 0.00000316. The fourth-order valence-corrected chi connectivity index (χ4v) is 10.2. The lowest BCUT2D eigenvalue weighted by molar-refractivity contribution is -0.199. The summed E-state index contributed by atoms with van der Waals surface area (Å²) >= 11 is 0. The minimum Gasteiger partial charge on any atom is -0.395 e. The molecule has 4 aliphatic rings. The van der Waals surface area contributed by atoms with Gasteiger partial charge in [-0.3, -0.25) is 25.0 Å². The third-order valence-electron chi connectivity index (χ3n) is 13.7. The SMILES string of the molecule is C=O.CCn1c(-c2cc(N3CCN(C4CC4)CC3)cnc2C(C)OC)c(CC(C)(C)COC)c2cc(N(CCO)CCC(CCCCCNNC=O)N3CC4(COC4)C3)ccc21. The molecule has 1 amide bonds. The lowest BCUT2D eigenvalue weighted by atomic mass is 9.76. The second kappa shape index (κ2) is 22.3. The average molecular weight is 861 g/mol. The zero-order valence-electron chi connectivity index (χ0n) is 38.6. The molecule has 5 heterocycles. The molecule has 62 heavy (non-hydrogen) atoms. The minimum absolute atomic E-state index is 0.0925. The number of hydrogen-bond acceptors (Lipinski definition) is 12. The van der Waals surface area contributed by atoms with Crippen molar-refractivity contribution in [1.82, 2.24) is 30.2 Å². The van der Waals surface area contributed by atoms with Crippen molar-refractivity contribution in [3.63, 3.8) is 0 Å². The number of ether oxygens (including phenoxy) is 3. The molecule has 344 valence electrons. The largest absolute Gasteiger partial charge is 0.395 e. The van der Waals surface area contributed by atoms with E-state index in [1.54, 1.807) is 14.2 Å². The smallest absolute Gasteiger partial charge is 0.221 e. The maximum absolute atomic E-state index is 10.6. The maximum atomic E-state index is 10.6. The maximum Gasteiger partial charge on any atom is 0.221 e. The van der Waals surface area contributed by atoms with Gasteiger partial charge in [-0.25, -0.2) is 5.43 Å². The Bertz CT molecular complexity index is 1870. The van der Waals surface area contributed by atoms with E-state index in [2.05, 4.69) is 93.2 Å². The van der Waals surface area contributed by atoms with Gasteiger partial charge < -0.3 is 38.5 Å². The molecule has 4 fully saturated rings. The molecule has 14 nitrogen and oxygen atoms in total. The number of carbonyl (C=O) groups is 2. The Morgan fingerprint density at radius 3 is 2.45 bits per heavy atom. The second-order valence-corrected chi connectivity index (χ2v) is 18.9. The van der Waals surface area contributed by atoms with Gasteiger partial charge in [-0.2, -0.15) is 0 Å². The Kier molecular flexibility index (Phi) is 17.2. The zero-order valence-corrected chi connectivity index (χ0v) is 38.6. The van der Waals surface area contributed by atoms with E-state index >= 15 is 0 Å². The number of rotatable bonds is 25. The molecule has 7 rings (SSSR count). The fourth-order valence-electron chi connectivity index (χ4n) is 10.2. The van der Waals surface area contributed by atoms with Crippen molar-refractivity contribution >= 4 is 35.5 Å². The van der Waals surface area contributed by atoms with Crippen molar-refractivity contribution in [2.45, 2.75) is 104 Å². The predicted molar refractivity (Wildman–Crippen MR) is 248 cm³/mol. The summed E-state index contributed by atoms with van der Waals surface area (Å²) in [7, 11) is 3.58. The van der Waals surface area contributed by atoms with Crippen LogP contribution in [0.1, 0.15) is 90.0 Å². The summed E-state index contributed by atoms with van der Waals surface area (Å²) in [6.45, 7) is 22.9. The van der Waals surface area contributed by atoms with E-state index in [4.69, 9.17) is 24.0 Å². The van der Waals surface area contributed by atoms with Crippen molar-refractivity contribution in [3.05, 3.63) is 41.7 Å². The molecule has 3 N–H and O–H groups in total. The van der Waals surface area contributed by atoms with Crippen LogP contribution >= 0.6 is 0 Å². The zero-order chi connectivity index (χ0) is 44.3. The summed E-state index contributed by atoms with van der Waals surface area (Å²) in [6, 6.07) is 10.6. The third kappa shape index (κ3) is 11.4. The molecule has 3 aromatic rings. The molecule has 1 aromatic carbocycles. The van der Waals surface area contributed by atoms with Crippen LogP contribution in [0.15, 0.2) is 30.5 Å². The van der Waals surface area contributed by atoms with Gasteiger partial charge >= 0.3 is 0 Å². The van der Waals surface area contributed by atoms with E-state index < -0.39 is 0 Å². The molecule has 0 bridgehead atoms. The van der Waals surface area contributed by atoms with Gasteiger partial charge in [0, 0.05) is 119 Å². The number of piperazine rings is 1. The van der Waals surface area contributed by atoms with Gasteiger partial charge in [0.25, 0.3) is 0 Å². The highest BCUT2D eigenvalue weighted by atomic mass is 16.5. The van der Waals surface area contributed by atoms with Crippen LogP contribution in [0, 0.1) is 10.8 Å². The number of hydrazine groups is 1. The first-order chi connectivity index (χ1) is 30.1. The van der Waals surface area contributed by atoms with Crippen LogP contribution in [-0.2, 0) is 36.8 Å². The highest BCUT2D eigenvalue weighted by Crippen LogP contribution is 2.44. The molecular formula is C48H76N8O6. The highest BCUT2D eigenvalue weighted by molar-refractivity contribution is 5.95. The molecule has 3 saturated heterocycles. The number of carbonyl (C=O) groups excluding carboxylic acids is 2. The number of aliphatic hydroxyl groups excluding tert-OH is 1. The molecule has 1 aliphatic carbocycles. The first-order valence-electron chi connectivity index (χ1n) is 23.2. The van der Waals surface area contributed by atoms with Gasteiger partial charge in [0.05, 0.1) is 55.8 Å². The summed E-state index contributed by atoms with van der Waals surface area (Å²) in [6.07, 6.45) is 11.5. The Labute approximate surface area is 370 Å². The molecule has 2 unspecified atom stereocenters. The third-order valence-corrected chi connectivity index (χ3v) is 13.7. The number of amides is 1. The topological polar surface area (TPSA) is 137 Å². The van der Waals surface area contributed by atoms with Gasteiger partial charge in [0.1, 0.15) is 6.79 Å². The van der Waals surface area contributed by atoms with Crippen molar-refractivity contribution in [3.8, 4) is 11.3 Å². The van der Waals surface area contributed by atoms with Gasteiger partial charge in [-0.15, -0.1) is 0 Å². The van der Waals surface area contributed by atoms with E-state index in [9.17, 15) is 9.90 Å². The second-order valence-electron chi connectivity index (χ2n) is 18.9. The normalized spacial score (nSPS) is 18.8. The van der Waals surface area contributed by atoms with Crippen LogP contribution in [0.25, 0.3) is 22.2 Å². The number of fused-ring (bicyclic) bond motifs is 1. The molecule has 3 aliphatic heterocycles. The van der Waals surface area contributed by atoms with Crippen molar-refractivity contribution in [2.24, 2.45) is 10.8 Å². The molecule has 1 spiro atoms. The van der Waals surface area contributed by atoms with Crippen LogP contribution in [0.2, 0.25) is 0 Å². The number of nitrogens with one attached hydrogen (secondary N) is 2. The van der Waals surface area contributed by atoms with E-state index in [0.717, 1.165) is 134 Å². The van der Waals surface area contributed by atoms with Crippen molar-refractivity contribution < 1.29 is 28.9 Å². The lowest BCUT2D eigenvalue weighted by Crippen LogP contribution is -2.68. The van der Waals surface area contributed by atoms with Crippen LogP contribution in [0.5, 0.6) is 0 Å². The number of likely N-dealkylation sites (tertiary alicyclic amines) is 1. The minimum atomic E-state index is -0.179. The number of nitrogens with zero attached hydrogens (tertiary/aromatic N) is 6. The van der Waals surface area contributed by atoms with Gasteiger partial charge in [-0.1, -0.05) is 26.7 Å². The average Bonchev–Trinajstić information content (AvgIpc) is 4.06. The van der Waals surface area contributed by atoms with Gasteiger partial charge in [0.2, 0.25) is 6.41 Å². The number of pyridine rings is 1. The molecule has 0 radical (unpaired) electrons. The summed E-state index contributed by atoms with van der Waals surface area (Å²) in [5.74, 6) is 0. The molecule has 14 heteroatoms. The lowest BCUT2D eigenvalue weighted by Gasteiger charge is -2.57. The van der Waals surface area contributed by atoms with Gasteiger partial charge in [-0.05, 0) is 87.6 Å². The van der Waals surface area contributed by atoms with E-state index in [1.807, 2.05) is 6.79 Å². The quantitative estimate of drug-likeness (QED) is 0.0569. The Morgan fingerprint density at radius 1 is 1.06 bits per heavy atom. The van der Waals surface area contributed by atoms with Crippen LogP contribution in [-0.4, -0.2) is 149 Å². The van der Waals surface area contributed by atoms with Crippen LogP contribution in [0.4, 0.5) is 11.4 Å². The molecular weight excluding hydrogens is 785 g/mol. The fraction of sp³-hybridized carbons (Fsp3) is 0.688. The summed E-state index contributed by atoms with van der Waals surface area (Å²) in [4.78, 5) is 34.1. The summed E-state index contributed by atoms with van der Waals surface area (Å²) < 4.78 is 20.0. The number of anilines is 2. The van der Waals surface area contributed by atoms with E-state index in [-0.39, 0.29) is 18.1 Å². The number of unbranched alkanes of at least 4 members (excludes halogenated alkanes) is 2. The van der Waals surface area contributed by atoms with E-state index in [0.29, 0.717) is 31.0 Å². The number of aryl methyl sites for hydroxylation is 1. The van der Waals surface area contributed by atoms with Crippen molar-refractivity contribution in [2.75, 3.05) is 109 Å². The first-order valence-corrected chi connectivity index (χ1v) is 23.2. The molecule has 2 aromatic heterocycles. The number of benzene rings is 1.